The average molecular weight is 415 g/mol. The Labute approximate surface area is 182 Å². The summed E-state index contributed by atoms with van der Waals surface area (Å²) in [6.07, 6.45) is 3.28. The van der Waals surface area contributed by atoms with E-state index in [0.29, 0.717) is 11.3 Å². The van der Waals surface area contributed by atoms with E-state index in [9.17, 15) is 4.79 Å². The second-order valence-corrected chi connectivity index (χ2v) is 6.99. The van der Waals surface area contributed by atoms with Crippen LogP contribution < -0.4 is 15.8 Å². The monoisotopic (exact) mass is 414 g/mol. The van der Waals surface area contributed by atoms with Crippen LogP contribution in [0.2, 0.25) is 0 Å². The number of allylic oxidation sites excluding steroid dienone is 1. The van der Waals surface area contributed by atoms with Crippen LogP contribution in [0.3, 0.4) is 0 Å². The number of carbonyl (C=O) groups excluding carboxylic acids is 1. The van der Waals surface area contributed by atoms with Crippen LogP contribution in [0.25, 0.3) is 5.57 Å². The summed E-state index contributed by atoms with van der Waals surface area (Å²) in [4.78, 5) is 22.0. The van der Waals surface area contributed by atoms with E-state index in [1.165, 1.54) is 0 Å². The molecular formula is C25H26N4O2. The zero-order chi connectivity index (χ0) is 22.2. The number of nitrogens with zero attached hydrogens (tertiary/aromatic N) is 2. The molecule has 0 saturated heterocycles. The average Bonchev–Trinajstić information content (AvgIpc) is 2.81. The van der Waals surface area contributed by atoms with Crippen molar-refractivity contribution in [3.05, 3.63) is 95.4 Å². The number of hydrogen-bond donors (Lipinski definition) is 2. The number of Topliss-reactive ketones (excluding diaryl/α,β-unsaturated/α-hetero) is 1. The molecule has 0 aliphatic heterocycles. The lowest BCUT2D eigenvalue weighted by Crippen LogP contribution is -2.27. The topological polar surface area (TPSA) is 89.6 Å². The van der Waals surface area contributed by atoms with Gasteiger partial charge in [0.25, 0.3) is 0 Å². The first kappa shape index (κ1) is 21.8. The number of ether oxygens (including phenoxy) is 1. The van der Waals surface area contributed by atoms with E-state index in [1.54, 1.807) is 26.6 Å². The van der Waals surface area contributed by atoms with Gasteiger partial charge in [0.15, 0.2) is 0 Å². The van der Waals surface area contributed by atoms with Gasteiger partial charge >= 0.3 is 0 Å². The Bertz CT molecular complexity index is 1090. The van der Waals surface area contributed by atoms with Crippen LogP contribution in [0.5, 0.6) is 5.75 Å². The van der Waals surface area contributed by atoms with Crippen molar-refractivity contribution in [2.45, 2.75) is 13.0 Å². The van der Waals surface area contributed by atoms with Gasteiger partial charge in [0.1, 0.15) is 11.8 Å². The second-order valence-electron chi connectivity index (χ2n) is 6.99. The van der Waals surface area contributed by atoms with Crippen molar-refractivity contribution in [3.63, 3.8) is 0 Å². The molecule has 0 amide bonds. The number of aromatic nitrogens is 1. The summed E-state index contributed by atoms with van der Waals surface area (Å²) in [5.74, 6) is 0.432. The second kappa shape index (κ2) is 10.2. The molecule has 0 saturated carbocycles. The molecule has 6 nitrogen and oxygen atoms in total. The highest BCUT2D eigenvalue weighted by Gasteiger charge is 2.25. The molecule has 0 spiro atoms. The van der Waals surface area contributed by atoms with Crippen molar-refractivity contribution in [2.75, 3.05) is 19.5 Å². The summed E-state index contributed by atoms with van der Waals surface area (Å²) >= 11 is 0. The van der Waals surface area contributed by atoms with E-state index >= 15 is 0 Å². The van der Waals surface area contributed by atoms with Gasteiger partial charge in [-0.15, -0.1) is 0 Å². The molecule has 0 bridgehead atoms. The molecule has 2 aromatic carbocycles. The molecule has 6 heteroatoms. The van der Waals surface area contributed by atoms with Crippen LogP contribution >= 0.6 is 0 Å². The van der Waals surface area contributed by atoms with Gasteiger partial charge < -0.3 is 15.8 Å². The van der Waals surface area contributed by atoms with Gasteiger partial charge in [0.2, 0.25) is 5.78 Å². The van der Waals surface area contributed by atoms with Gasteiger partial charge in [-0.25, -0.2) is 0 Å². The number of nitrogens with two attached hydrogens (primary N) is 1. The van der Waals surface area contributed by atoms with Crippen molar-refractivity contribution in [3.8, 4) is 5.75 Å². The van der Waals surface area contributed by atoms with Crippen LogP contribution in [0.1, 0.15) is 22.9 Å². The minimum Gasteiger partial charge on any atom is -0.497 e. The fourth-order valence-electron chi connectivity index (χ4n) is 3.17. The number of aliphatic imine (C=N–C) groups is 1. The highest BCUT2D eigenvalue weighted by molar-refractivity contribution is 6.20. The first-order valence-corrected chi connectivity index (χ1v) is 9.88. The summed E-state index contributed by atoms with van der Waals surface area (Å²) in [6, 6.07) is 20.0. The molecule has 0 fully saturated rings. The molecule has 3 aromatic rings. The fourth-order valence-corrected chi connectivity index (χ4v) is 3.17. The number of anilines is 1. The molecule has 31 heavy (non-hydrogen) atoms. The zero-order valence-corrected chi connectivity index (χ0v) is 17.9. The van der Waals surface area contributed by atoms with Crippen molar-refractivity contribution in [1.82, 2.24) is 4.98 Å². The summed E-state index contributed by atoms with van der Waals surface area (Å²) in [7, 11) is 3.24. The highest BCUT2D eigenvalue weighted by Crippen LogP contribution is 2.27. The molecule has 0 aliphatic carbocycles. The van der Waals surface area contributed by atoms with Crippen molar-refractivity contribution >= 4 is 23.3 Å². The number of hydrogen-bond acceptors (Lipinski definition) is 6. The van der Waals surface area contributed by atoms with Gasteiger partial charge in [-0.05, 0) is 30.7 Å². The Kier molecular flexibility index (Phi) is 7.17. The Hall–Kier alpha value is -3.93. The third kappa shape index (κ3) is 5.36. The number of pyridine rings is 1. The van der Waals surface area contributed by atoms with E-state index in [-0.39, 0.29) is 11.5 Å². The van der Waals surface area contributed by atoms with E-state index in [1.807, 2.05) is 73.7 Å². The van der Waals surface area contributed by atoms with Crippen LogP contribution in [-0.2, 0) is 4.79 Å². The highest BCUT2D eigenvalue weighted by atomic mass is 16.5. The van der Waals surface area contributed by atoms with E-state index < -0.39 is 6.04 Å². The predicted octanol–water partition coefficient (Wildman–Crippen LogP) is 4.19. The molecule has 1 heterocycles. The molecular weight excluding hydrogens is 388 g/mol. The molecule has 3 N–H and O–H groups in total. The van der Waals surface area contributed by atoms with Gasteiger partial charge in [-0.2, -0.15) is 0 Å². The molecule has 0 radical (unpaired) electrons. The number of benzene rings is 2. The first-order valence-electron chi connectivity index (χ1n) is 9.88. The normalized spacial score (nSPS) is 12.9. The quantitative estimate of drug-likeness (QED) is 0.426. The number of rotatable bonds is 8. The lowest BCUT2D eigenvalue weighted by Gasteiger charge is -2.21. The molecule has 1 atom stereocenters. The van der Waals surface area contributed by atoms with Crippen LogP contribution in [0.4, 0.5) is 5.69 Å². The third-order valence-corrected chi connectivity index (χ3v) is 4.81. The van der Waals surface area contributed by atoms with Gasteiger partial charge in [0.05, 0.1) is 12.8 Å². The fraction of sp³-hybridized carbons (Fsp3) is 0.160. The minimum absolute atomic E-state index is 0.112. The molecule has 0 aliphatic rings. The number of aryl methyl sites for hydroxylation is 1. The molecule has 158 valence electrons. The number of methoxy groups -OCH3 is 1. The van der Waals surface area contributed by atoms with Crippen molar-refractivity contribution in [2.24, 2.45) is 10.7 Å². The first-order chi connectivity index (χ1) is 15.0. The molecule has 1 aromatic heterocycles. The zero-order valence-electron chi connectivity index (χ0n) is 17.9. The number of carbonyl (C=O) groups is 1. The summed E-state index contributed by atoms with van der Waals surface area (Å²) in [6.45, 7) is 1.90. The van der Waals surface area contributed by atoms with Crippen LogP contribution in [0, 0.1) is 6.92 Å². The maximum absolute atomic E-state index is 13.6. The summed E-state index contributed by atoms with van der Waals surface area (Å²) in [5.41, 5.74) is 10.2. The van der Waals surface area contributed by atoms with Gasteiger partial charge in [-0.1, -0.05) is 42.5 Å². The van der Waals surface area contributed by atoms with E-state index in [4.69, 9.17) is 10.5 Å². The lowest BCUT2D eigenvalue weighted by atomic mass is 9.96. The Balaban J connectivity index is 2.05. The number of ketones is 1. The minimum atomic E-state index is -0.688. The Morgan fingerprint density at radius 2 is 1.90 bits per heavy atom. The maximum atomic E-state index is 13.6. The Morgan fingerprint density at radius 1 is 1.13 bits per heavy atom. The SMILES string of the molecule is CN=CC(=C(N)C(=O)C(Nc1cccc(OC)c1)c1ccccc1)c1ccc(C)nc1. The number of nitrogens with one attached hydrogen (secondary N) is 1. The largest absolute Gasteiger partial charge is 0.497 e. The van der Waals surface area contributed by atoms with Gasteiger partial charge in [0, 0.05) is 48.0 Å². The van der Waals surface area contributed by atoms with Crippen molar-refractivity contribution in [1.29, 1.82) is 0 Å². The summed E-state index contributed by atoms with van der Waals surface area (Å²) < 4.78 is 5.30. The van der Waals surface area contributed by atoms with Crippen LogP contribution in [0.15, 0.2) is 83.6 Å². The molecule has 3 rings (SSSR count). The smallest absolute Gasteiger partial charge is 0.205 e. The van der Waals surface area contributed by atoms with Crippen LogP contribution in [-0.4, -0.2) is 31.1 Å². The van der Waals surface area contributed by atoms with E-state index in [2.05, 4.69) is 15.3 Å². The van der Waals surface area contributed by atoms with Gasteiger partial charge in [-0.3, -0.25) is 14.8 Å². The van der Waals surface area contributed by atoms with E-state index in [0.717, 1.165) is 22.5 Å². The lowest BCUT2D eigenvalue weighted by molar-refractivity contribution is -0.116. The maximum Gasteiger partial charge on any atom is 0.205 e. The summed E-state index contributed by atoms with van der Waals surface area (Å²) in [5, 5.41) is 3.30. The van der Waals surface area contributed by atoms with Crippen molar-refractivity contribution < 1.29 is 9.53 Å². The predicted molar refractivity (Wildman–Crippen MR) is 125 cm³/mol. The molecule has 1 unspecified atom stereocenters. The Morgan fingerprint density at radius 3 is 2.55 bits per heavy atom. The standard InChI is InChI=1S/C25H26N4O2/c1-17-12-13-19(15-28-17)22(16-27-2)23(26)25(30)24(18-8-5-4-6-9-18)29-20-10-7-11-21(14-20)31-3/h4-16,24,29H,26H2,1-3H3. The third-order valence-electron chi connectivity index (χ3n) is 4.81.